The van der Waals surface area contributed by atoms with E-state index in [0.717, 1.165) is 19.6 Å². The van der Waals surface area contributed by atoms with Crippen LogP contribution in [-0.2, 0) is 13.1 Å². The Balaban J connectivity index is 2.59. The van der Waals surface area contributed by atoms with Crippen LogP contribution in [0.5, 0.6) is 0 Å². The second-order valence-electron chi connectivity index (χ2n) is 5.66. The van der Waals surface area contributed by atoms with Gasteiger partial charge >= 0.3 is 0 Å². The van der Waals surface area contributed by atoms with E-state index >= 15 is 0 Å². The summed E-state index contributed by atoms with van der Waals surface area (Å²) in [5, 5.41) is 3.44. The van der Waals surface area contributed by atoms with Gasteiger partial charge in [0.2, 0.25) is 0 Å². The first-order chi connectivity index (χ1) is 9.58. The molecule has 3 heteroatoms. The normalized spacial score (nSPS) is 12.9. The largest absolute Gasteiger partial charge is 0.313 e. The number of nitrogens with zero attached hydrogens (tertiary/aromatic N) is 1. The molecular weight excluding hydrogens is 312 g/mol. The van der Waals surface area contributed by atoms with Crippen molar-refractivity contribution in [3.05, 3.63) is 33.8 Å². The van der Waals surface area contributed by atoms with Crippen LogP contribution >= 0.6 is 15.9 Å². The van der Waals surface area contributed by atoms with E-state index in [1.165, 1.54) is 34.9 Å². The lowest BCUT2D eigenvalue weighted by molar-refractivity contribution is 0.236. The molecule has 0 fully saturated rings. The molecular formula is C17H29BrN2. The van der Waals surface area contributed by atoms with Gasteiger partial charge in [0.1, 0.15) is 0 Å². The second-order valence-corrected chi connectivity index (χ2v) is 6.51. The summed E-state index contributed by atoms with van der Waals surface area (Å²) in [6.07, 6.45) is 3.68. The summed E-state index contributed by atoms with van der Waals surface area (Å²) in [5.41, 5.74) is 2.72. The van der Waals surface area contributed by atoms with Gasteiger partial charge in [0.25, 0.3) is 0 Å². The first-order valence-electron chi connectivity index (χ1n) is 7.76. The molecule has 1 N–H and O–H groups in total. The highest BCUT2D eigenvalue weighted by Crippen LogP contribution is 2.21. The molecule has 1 rings (SSSR count). The van der Waals surface area contributed by atoms with E-state index in [1.807, 2.05) is 0 Å². The van der Waals surface area contributed by atoms with Crippen molar-refractivity contribution >= 4 is 15.9 Å². The van der Waals surface area contributed by atoms with E-state index in [1.54, 1.807) is 0 Å². The lowest BCUT2D eigenvalue weighted by Crippen LogP contribution is -2.28. The third kappa shape index (κ3) is 5.94. The summed E-state index contributed by atoms with van der Waals surface area (Å²) in [6.45, 7) is 9.79. The van der Waals surface area contributed by atoms with Crippen LogP contribution < -0.4 is 5.32 Å². The molecule has 1 unspecified atom stereocenters. The van der Waals surface area contributed by atoms with Crippen LogP contribution in [0.15, 0.2) is 22.7 Å². The number of halogens is 1. The van der Waals surface area contributed by atoms with Crippen LogP contribution in [0.4, 0.5) is 0 Å². The van der Waals surface area contributed by atoms with Gasteiger partial charge in [-0.25, -0.2) is 0 Å². The molecule has 0 saturated carbocycles. The minimum atomic E-state index is 0.637. The van der Waals surface area contributed by atoms with Crippen LogP contribution in [0.3, 0.4) is 0 Å². The smallest absolute Gasteiger partial charge is 0.0244 e. The number of rotatable bonds is 9. The van der Waals surface area contributed by atoms with Crippen molar-refractivity contribution in [2.45, 2.75) is 59.2 Å². The topological polar surface area (TPSA) is 15.3 Å². The molecule has 1 atom stereocenters. The van der Waals surface area contributed by atoms with Gasteiger partial charge in [0.15, 0.2) is 0 Å². The van der Waals surface area contributed by atoms with Crippen LogP contribution in [0, 0.1) is 0 Å². The zero-order valence-electron chi connectivity index (χ0n) is 13.4. The summed E-state index contributed by atoms with van der Waals surface area (Å²) in [4.78, 5) is 2.43. The van der Waals surface area contributed by atoms with Crippen LogP contribution in [0.25, 0.3) is 0 Å². The number of nitrogens with one attached hydrogen (secondary N) is 1. The third-order valence-electron chi connectivity index (χ3n) is 3.75. The maximum Gasteiger partial charge on any atom is 0.0244 e. The highest BCUT2D eigenvalue weighted by molar-refractivity contribution is 9.10. The first kappa shape index (κ1) is 17.7. The Morgan fingerprint density at radius 3 is 2.60 bits per heavy atom. The molecule has 0 amide bonds. The average molecular weight is 341 g/mol. The maximum absolute atomic E-state index is 3.72. The molecule has 2 nitrogen and oxygen atoms in total. The van der Waals surface area contributed by atoms with E-state index in [2.05, 4.69) is 72.2 Å². The van der Waals surface area contributed by atoms with Crippen molar-refractivity contribution in [2.24, 2.45) is 0 Å². The van der Waals surface area contributed by atoms with E-state index in [9.17, 15) is 0 Å². The monoisotopic (exact) mass is 340 g/mol. The minimum absolute atomic E-state index is 0.637. The molecule has 0 aliphatic carbocycles. The minimum Gasteiger partial charge on any atom is -0.313 e. The van der Waals surface area contributed by atoms with Crippen LogP contribution in [-0.4, -0.2) is 24.5 Å². The zero-order valence-corrected chi connectivity index (χ0v) is 15.0. The van der Waals surface area contributed by atoms with Crippen molar-refractivity contribution in [1.29, 1.82) is 0 Å². The number of hydrogen-bond donors (Lipinski definition) is 1. The molecule has 0 aliphatic rings. The predicted octanol–water partition coefficient (Wildman–Crippen LogP) is 4.57. The lowest BCUT2D eigenvalue weighted by Gasteiger charge is -2.25. The van der Waals surface area contributed by atoms with Crippen LogP contribution in [0.2, 0.25) is 0 Å². The molecule has 0 saturated heterocycles. The van der Waals surface area contributed by atoms with E-state index < -0.39 is 0 Å². The van der Waals surface area contributed by atoms with Crippen LogP contribution in [0.1, 0.15) is 51.2 Å². The third-order valence-corrected chi connectivity index (χ3v) is 4.49. The molecule has 1 aromatic carbocycles. The highest BCUT2D eigenvalue weighted by atomic mass is 79.9. The zero-order chi connectivity index (χ0) is 15.0. The maximum atomic E-state index is 3.72. The predicted molar refractivity (Wildman–Crippen MR) is 92.0 cm³/mol. The van der Waals surface area contributed by atoms with Crippen molar-refractivity contribution in [2.75, 3.05) is 13.6 Å². The molecule has 0 bridgehead atoms. The Morgan fingerprint density at radius 2 is 2.00 bits per heavy atom. The van der Waals surface area contributed by atoms with E-state index in [0.29, 0.717) is 6.04 Å². The Bertz CT molecular complexity index is 393. The lowest BCUT2D eigenvalue weighted by atomic mass is 10.1. The SMILES string of the molecule is CCCNCc1ccc(CN(C)C(C)CCC)c(Br)c1. The molecule has 20 heavy (non-hydrogen) atoms. The standard InChI is InChI=1S/C17H29BrN2/c1-5-7-14(3)20(4)13-16-9-8-15(11-17(16)18)12-19-10-6-2/h8-9,11,14,19H,5-7,10,12-13H2,1-4H3. The number of benzene rings is 1. The van der Waals surface area contributed by atoms with Gasteiger partial charge in [-0.2, -0.15) is 0 Å². The fourth-order valence-electron chi connectivity index (χ4n) is 2.30. The molecule has 0 aromatic heterocycles. The van der Waals surface area contributed by atoms with Gasteiger partial charge in [-0.1, -0.05) is 48.3 Å². The summed E-state index contributed by atoms with van der Waals surface area (Å²) < 4.78 is 1.23. The fraction of sp³-hybridized carbons (Fsp3) is 0.647. The summed E-state index contributed by atoms with van der Waals surface area (Å²) >= 11 is 3.72. The van der Waals surface area contributed by atoms with Crippen molar-refractivity contribution in [1.82, 2.24) is 10.2 Å². The average Bonchev–Trinajstić information content (AvgIpc) is 2.42. The van der Waals surface area contributed by atoms with Crippen molar-refractivity contribution in [3.63, 3.8) is 0 Å². The summed E-state index contributed by atoms with van der Waals surface area (Å²) in [5.74, 6) is 0. The molecule has 0 radical (unpaired) electrons. The van der Waals surface area contributed by atoms with Gasteiger partial charge in [-0.05, 0) is 50.6 Å². The van der Waals surface area contributed by atoms with Crippen molar-refractivity contribution < 1.29 is 0 Å². The van der Waals surface area contributed by atoms with E-state index in [-0.39, 0.29) is 0 Å². The molecule has 1 aromatic rings. The highest BCUT2D eigenvalue weighted by Gasteiger charge is 2.10. The van der Waals surface area contributed by atoms with Gasteiger partial charge in [-0.15, -0.1) is 0 Å². The van der Waals surface area contributed by atoms with Gasteiger partial charge in [0.05, 0.1) is 0 Å². The Labute approximate surface area is 133 Å². The van der Waals surface area contributed by atoms with Crippen molar-refractivity contribution in [3.8, 4) is 0 Å². The molecule has 0 spiro atoms. The Kier molecular flexibility index (Phi) is 8.43. The molecule has 114 valence electrons. The van der Waals surface area contributed by atoms with Gasteiger partial charge in [0, 0.05) is 23.6 Å². The second kappa shape index (κ2) is 9.54. The quantitative estimate of drug-likeness (QED) is 0.662. The van der Waals surface area contributed by atoms with Gasteiger partial charge < -0.3 is 5.32 Å². The molecule has 0 heterocycles. The first-order valence-corrected chi connectivity index (χ1v) is 8.56. The number of hydrogen-bond acceptors (Lipinski definition) is 2. The summed E-state index contributed by atoms with van der Waals surface area (Å²) in [6, 6.07) is 7.37. The van der Waals surface area contributed by atoms with E-state index in [4.69, 9.17) is 0 Å². The Morgan fingerprint density at radius 1 is 1.25 bits per heavy atom. The molecule has 0 aliphatic heterocycles. The Hall–Kier alpha value is -0.380. The van der Waals surface area contributed by atoms with Gasteiger partial charge in [-0.3, -0.25) is 4.90 Å². The fourth-order valence-corrected chi connectivity index (χ4v) is 2.85. The summed E-state index contributed by atoms with van der Waals surface area (Å²) in [7, 11) is 2.21.